The van der Waals surface area contributed by atoms with Gasteiger partial charge in [-0.25, -0.2) is 9.59 Å². The smallest absolute Gasteiger partial charge is 0.341 e. The van der Waals surface area contributed by atoms with Gasteiger partial charge in [0.15, 0.2) is 6.61 Å². The Morgan fingerprint density at radius 1 is 1.26 bits per heavy atom. The van der Waals surface area contributed by atoms with E-state index in [2.05, 4.69) is 21.2 Å². The average molecular weight is 599 g/mol. The zero-order chi connectivity index (χ0) is 23.0. The second-order valence-electron chi connectivity index (χ2n) is 5.92. The van der Waals surface area contributed by atoms with Crippen molar-refractivity contribution >= 4 is 68.1 Å². The molecule has 0 aliphatic rings. The molecule has 0 spiro atoms. The number of carbonyl (C=O) groups is 3. The molecular weight excluding hydrogens is 583 g/mol. The van der Waals surface area contributed by atoms with Gasteiger partial charge in [0.05, 0.1) is 20.2 Å². The predicted molar refractivity (Wildman–Crippen MR) is 125 cm³/mol. The number of carbonyl (C=O) groups excluding carboxylic acids is 2. The molecule has 0 heterocycles. The molecule has 160 valence electrons. The normalized spacial score (nSPS) is 10.7. The number of nitrogens with one attached hydrogen (secondary N) is 1. The minimum absolute atomic E-state index is 0.142. The number of halogens is 2. The Labute approximate surface area is 200 Å². The first-order valence-electron chi connectivity index (χ1n) is 8.79. The van der Waals surface area contributed by atoms with Crippen LogP contribution in [0.5, 0.6) is 5.75 Å². The summed E-state index contributed by atoms with van der Waals surface area (Å²) in [7, 11) is 0. The Morgan fingerprint density at radius 2 is 1.94 bits per heavy atom. The highest BCUT2D eigenvalue weighted by molar-refractivity contribution is 14.1. The summed E-state index contributed by atoms with van der Waals surface area (Å²) in [6.07, 6.45) is 1.40. The third-order valence-electron chi connectivity index (χ3n) is 3.69. The number of anilines is 1. The molecule has 31 heavy (non-hydrogen) atoms. The minimum atomic E-state index is -1.11. The van der Waals surface area contributed by atoms with Crippen LogP contribution in [-0.4, -0.2) is 36.2 Å². The number of carboxylic acid groups (broad SMARTS) is 1. The number of hydrogen-bond acceptors (Lipinski definition) is 6. The summed E-state index contributed by atoms with van der Waals surface area (Å²) in [4.78, 5) is 34.9. The maximum atomic E-state index is 12.5. The van der Waals surface area contributed by atoms with Crippen molar-refractivity contribution in [3.8, 4) is 11.8 Å². The fourth-order valence-corrected chi connectivity index (χ4v) is 4.12. The largest absolute Gasteiger partial charge is 0.480 e. The summed E-state index contributed by atoms with van der Waals surface area (Å²) in [6.45, 7) is 1.47. The van der Waals surface area contributed by atoms with Crippen molar-refractivity contribution in [3.05, 3.63) is 61.1 Å². The molecule has 0 fully saturated rings. The first-order chi connectivity index (χ1) is 14.7. The maximum Gasteiger partial charge on any atom is 0.341 e. The van der Waals surface area contributed by atoms with E-state index in [0.717, 1.165) is 0 Å². The number of rotatable bonds is 8. The van der Waals surface area contributed by atoms with E-state index in [1.165, 1.54) is 30.3 Å². The molecule has 0 bridgehead atoms. The van der Waals surface area contributed by atoms with Crippen LogP contribution in [0.2, 0.25) is 0 Å². The molecule has 0 aliphatic heterocycles. The average Bonchev–Trinajstić information content (AvgIpc) is 2.71. The zero-order valence-corrected chi connectivity index (χ0v) is 19.9. The van der Waals surface area contributed by atoms with Gasteiger partial charge in [0.1, 0.15) is 17.4 Å². The van der Waals surface area contributed by atoms with Crippen molar-refractivity contribution in [1.82, 2.24) is 0 Å². The number of amides is 1. The first-order valence-corrected chi connectivity index (χ1v) is 10.7. The van der Waals surface area contributed by atoms with E-state index in [1.54, 1.807) is 19.1 Å². The third-order valence-corrected chi connectivity index (χ3v) is 5.08. The van der Waals surface area contributed by atoms with Gasteiger partial charge >= 0.3 is 11.9 Å². The Bertz CT molecular complexity index is 1050. The molecule has 2 aromatic carbocycles. The van der Waals surface area contributed by atoms with E-state index in [0.29, 0.717) is 30.6 Å². The highest BCUT2D eigenvalue weighted by Gasteiger charge is 2.14. The molecule has 2 N–H and O–H groups in total. The molecule has 2 aromatic rings. The van der Waals surface area contributed by atoms with Crippen molar-refractivity contribution < 1.29 is 29.0 Å². The van der Waals surface area contributed by atoms with Crippen molar-refractivity contribution in [1.29, 1.82) is 5.26 Å². The van der Waals surface area contributed by atoms with Crippen LogP contribution in [0.4, 0.5) is 5.69 Å². The zero-order valence-electron chi connectivity index (χ0n) is 16.1. The van der Waals surface area contributed by atoms with E-state index in [9.17, 15) is 19.6 Å². The van der Waals surface area contributed by atoms with Crippen LogP contribution < -0.4 is 10.1 Å². The number of nitriles is 1. The summed E-state index contributed by atoms with van der Waals surface area (Å²) in [5.74, 6) is -1.84. The molecular formula is C21H16BrIN2O6. The Hall–Kier alpha value is -2.91. The molecule has 0 aromatic heterocycles. The molecule has 0 saturated carbocycles. The van der Waals surface area contributed by atoms with Crippen LogP contribution in [0, 0.1) is 14.9 Å². The number of nitrogens with zero attached hydrogens (tertiary/aromatic N) is 1. The lowest BCUT2D eigenvalue weighted by Crippen LogP contribution is -2.14. The lowest BCUT2D eigenvalue weighted by Gasteiger charge is -2.10. The number of esters is 1. The Kier molecular flexibility index (Phi) is 9.02. The molecule has 2 rings (SSSR count). The van der Waals surface area contributed by atoms with E-state index in [1.807, 2.05) is 28.7 Å². The SMILES string of the molecule is CCOC(=O)c1ccc(NC(=O)/C(C#N)=C/c2cc(Br)c(OCC(=O)O)c(I)c2)cc1. The number of carboxylic acids is 1. The highest BCUT2D eigenvalue weighted by atomic mass is 127. The second-order valence-corrected chi connectivity index (χ2v) is 7.93. The number of benzene rings is 2. The summed E-state index contributed by atoms with van der Waals surface area (Å²) in [5.41, 5.74) is 1.16. The standard InChI is InChI=1S/C21H16BrIN2O6/c1-2-30-21(29)13-3-5-15(6-4-13)25-20(28)14(10-24)7-12-8-16(22)19(17(23)9-12)31-11-18(26)27/h3-9H,2,11H2,1H3,(H,25,28)(H,26,27)/b14-7+. The van der Waals surface area contributed by atoms with Gasteiger partial charge in [-0.3, -0.25) is 4.79 Å². The number of aliphatic carboxylic acids is 1. The van der Waals surface area contributed by atoms with Crippen LogP contribution >= 0.6 is 38.5 Å². The first kappa shape index (κ1) is 24.4. The summed E-state index contributed by atoms with van der Waals surface area (Å²) in [5, 5.41) is 20.8. The van der Waals surface area contributed by atoms with Crippen LogP contribution in [0.3, 0.4) is 0 Å². The van der Waals surface area contributed by atoms with E-state index >= 15 is 0 Å². The van der Waals surface area contributed by atoms with Crippen molar-refractivity contribution in [2.45, 2.75) is 6.92 Å². The van der Waals surface area contributed by atoms with Crippen molar-refractivity contribution in [2.75, 3.05) is 18.5 Å². The van der Waals surface area contributed by atoms with Gasteiger partial charge in [0.25, 0.3) is 5.91 Å². The van der Waals surface area contributed by atoms with E-state index in [-0.39, 0.29) is 12.2 Å². The van der Waals surface area contributed by atoms with Crippen molar-refractivity contribution in [2.24, 2.45) is 0 Å². The lowest BCUT2D eigenvalue weighted by molar-refractivity contribution is -0.139. The lowest BCUT2D eigenvalue weighted by atomic mass is 10.1. The van der Waals surface area contributed by atoms with Crippen LogP contribution in [0.15, 0.2) is 46.4 Å². The van der Waals surface area contributed by atoms with E-state index in [4.69, 9.17) is 14.6 Å². The molecule has 0 radical (unpaired) electrons. The molecule has 0 unspecified atom stereocenters. The van der Waals surface area contributed by atoms with Gasteiger partial charge in [0.2, 0.25) is 0 Å². The molecule has 8 nitrogen and oxygen atoms in total. The van der Waals surface area contributed by atoms with Gasteiger partial charge in [-0.15, -0.1) is 0 Å². The summed E-state index contributed by atoms with van der Waals surface area (Å²) < 4.78 is 11.2. The van der Waals surface area contributed by atoms with Gasteiger partial charge in [-0.2, -0.15) is 5.26 Å². The van der Waals surface area contributed by atoms with Crippen molar-refractivity contribution in [3.63, 3.8) is 0 Å². The molecule has 0 saturated heterocycles. The number of hydrogen-bond donors (Lipinski definition) is 2. The van der Waals surface area contributed by atoms with Gasteiger partial charge in [0, 0.05) is 5.69 Å². The minimum Gasteiger partial charge on any atom is -0.480 e. The fraction of sp³-hybridized carbons (Fsp3) is 0.143. The topological polar surface area (TPSA) is 126 Å². The number of ether oxygens (including phenoxy) is 2. The molecule has 1 amide bonds. The third kappa shape index (κ3) is 7.08. The van der Waals surface area contributed by atoms with Crippen LogP contribution in [0.1, 0.15) is 22.8 Å². The molecule has 10 heteroatoms. The summed E-state index contributed by atoms with van der Waals surface area (Å²) >= 11 is 5.28. The Morgan fingerprint density at radius 3 is 2.48 bits per heavy atom. The highest BCUT2D eigenvalue weighted by Crippen LogP contribution is 2.32. The second kappa shape index (κ2) is 11.5. The quantitative estimate of drug-likeness (QED) is 0.201. The molecule has 0 atom stereocenters. The van der Waals surface area contributed by atoms with Crippen LogP contribution in [0.25, 0.3) is 6.08 Å². The van der Waals surface area contributed by atoms with Gasteiger partial charge in [-0.05, 0) is 93.5 Å². The molecule has 0 aliphatic carbocycles. The summed E-state index contributed by atoms with van der Waals surface area (Å²) in [6, 6.07) is 11.2. The fourth-order valence-electron chi connectivity index (χ4n) is 2.35. The van der Waals surface area contributed by atoms with Gasteiger partial charge < -0.3 is 19.9 Å². The maximum absolute atomic E-state index is 12.5. The van der Waals surface area contributed by atoms with E-state index < -0.39 is 24.5 Å². The predicted octanol–water partition coefficient (Wildman–Crippen LogP) is 4.24. The Balaban J connectivity index is 2.18. The monoisotopic (exact) mass is 598 g/mol. The van der Waals surface area contributed by atoms with Gasteiger partial charge in [-0.1, -0.05) is 0 Å². The van der Waals surface area contributed by atoms with Crippen LogP contribution in [-0.2, 0) is 14.3 Å².